The number of aliphatic hydroxyl groups is 1. The van der Waals surface area contributed by atoms with E-state index >= 15 is 0 Å². The minimum Gasteiger partial charge on any atom is -0.458 e. The van der Waals surface area contributed by atoms with Crippen LogP contribution in [-0.2, 0) is 43.5 Å². The van der Waals surface area contributed by atoms with Gasteiger partial charge in [0.2, 0.25) is 5.79 Å². The zero-order valence-electron chi connectivity index (χ0n) is 13.7. The summed E-state index contributed by atoms with van der Waals surface area (Å²) in [6.07, 6.45) is 2.26. The average Bonchev–Trinajstić information content (AvgIpc) is 3.19. The number of pyridine rings is 1. The zero-order chi connectivity index (χ0) is 16.9. The number of aromatic nitrogens is 1. The fourth-order valence-electron chi connectivity index (χ4n) is 3.91. The van der Waals surface area contributed by atoms with E-state index in [-0.39, 0.29) is 18.6 Å². The first-order chi connectivity index (χ1) is 11.5. The van der Waals surface area contributed by atoms with Crippen LogP contribution in [0.25, 0.3) is 0 Å². The highest BCUT2D eigenvalue weighted by molar-refractivity contribution is 5.83. The predicted molar refractivity (Wildman–Crippen MR) is 82.1 cm³/mol. The van der Waals surface area contributed by atoms with Gasteiger partial charge in [-0.2, -0.15) is 0 Å². The molecule has 0 radical (unpaired) electrons. The number of carbonyl (C=O) groups is 1. The van der Waals surface area contributed by atoms with Crippen molar-refractivity contribution in [3.05, 3.63) is 33.2 Å². The average molecular weight is 335 g/mol. The van der Waals surface area contributed by atoms with Crippen molar-refractivity contribution < 1.29 is 24.1 Å². The Morgan fingerprint density at radius 2 is 2.04 bits per heavy atom. The summed E-state index contributed by atoms with van der Waals surface area (Å²) in [6.45, 7) is 3.30. The van der Waals surface area contributed by atoms with Gasteiger partial charge < -0.3 is 23.9 Å². The summed E-state index contributed by atoms with van der Waals surface area (Å²) in [5, 5.41) is 11.0. The molecule has 1 saturated heterocycles. The van der Waals surface area contributed by atoms with Crippen LogP contribution >= 0.6 is 0 Å². The molecule has 0 aromatic carbocycles. The van der Waals surface area contributed by atoms with Gasteiger partial charge in [0, 0.05) is 18.5 Å². The Bertz CT molecular complexity index is 748. The Hall–Kier alpha value is -1.70. The molecule has 0 aliphatic carbocycles. The molecular formula is C17H21NO6. The maximum atomic E-state index is 12.9. The van der Waals surface area contributed by atoms with Gasteiger partial charge in [-0.3, -0.25) is 4.79 Å². The minimum absolute atomic E-state index is 0.101. The normalized spacial score (nSPS) is 27.2. The molecule has 0 amide bonds. The monoisotopic (exact) mass is 335 g/mol. The lowest BCUT2D eigenvalue weighted by Gasteiger charge is -2.33. The summed E-state index contributed by atoms with van der Waals surface area (Å²) in [5.74, 6) is -1.62. The van der Waals surface area contributed by atoms with Gasteiger partial charge in [-0.1, -0.05) is 13.3 Å². The summed E-state index contributed by atoms with van der Waals surface area (Å²) >= 11 is 0. The third kappa shape index (κ3) is 2.01. The second-order valence-electron chi connectivity index (χ2n) is 6.62. The second-order valence-corrected chi connectivity index (χ2v) is 6.62. The Morgan fingerprint density at radius 1 is 1.29 bits per heavy atom. The van der Waals surface area contributed by atoms with Crippen LogP contribution in [0.15, 0.2) is 10.9 Å². The molecule has 4 rings (SSSR count). The van der Waals surface area contributed by atoms with Gasteiger partial charge in [0.15, 0.2) is 5.60 Å². The Labute approximate surface area is 139 Å². The van der Waals surface area contributed by atoms with Gasteiger partial charge in [0.25, 0.3) is 5.56 Å². The molecule has 130 valence electrons. The molecule has 1 atom stereocenters. The van der Waals surface area contributed by atoms with Crippen LogP contribution in [0.1, 0.15) is 49.4 Å². The molecule has 1 aromatic heterocycles. The van der Waals surface area contributed by atoms with Gasteiger partial charge in [-0.05, 0) is 18.9 Å². The number of nitrogens with zero attached hydrogens (tertiary/aromatic N) is 1. The molecular weight excluding hydrogens is 314 g/mol. The highest BCUT2D eigenvalue weighted by atomic mass is 16.7. The maximum absolute atomic E-state index is 12.9. The first-order valence-corrected chi connectivity index (χ1v) is 8.47. The number of cyclic esters (lactones) is 1. The zero-order valence-corrected chi connectivity index (χ0v) is 13.7. The number of unbranched alkanes of at least 4 members (excludes halogenated alkanes) is 1. The van der Waals surface area contributed by atoms with E-state index in [2.05, 4.69) is 0 Å². The molecule has 1 aromatic rings. The Balaban J connectivity index is 1.90. The number of fused-ring (bicyclic) bond motifs is 3. The highest BCUT2D eigenvalue weighted by Crippen LogP contribution is 2.43. The standard InChI is InChI=1S/C17H21NO6/c1-2-3-4-16(21)12-9-13-17(23-7-8-24-17)5-6-18(13)14(19)11(12)10-22-15(16)20/h9,21H,2-8,10H2,1H3/t16-/m0/s1. The number of hydrogen-bond acceptors (Lipinski definition) is 6. The number of esters is 1. The molecule has 3 aliphatic heterocycles. The lowest BCUT2D eigenvalue weighted by atomic mass is 9.84. The summed E-state index contributed by atoms with van der Waals surface area (Å²) < 4.78 is 18.3. The van der Waals surface area contributed by atoms with Gasteiger partial charge >= 0.3 is 5.97 Å². The summed E-state index contributed by atoms with van der Waals surface area (Å²) in [4.78, 5) is 25.1. The first kappa shape index (κ1) is 15.8. The molecule has 0 bridgehead atoms. The SMILES string of the molecule is CCCC[C@@]1(O)C(=O)OCc2c1cc1n(c2=O)CCC12OCCO2. The quantitative estimate of drug-likeness (QED) is 0.826. The van der Waals surface area contributed by atoms with Gasteiger partial charge in [-0.15, -0.1) is 0 Å². The first-order valence-electron chi connectivity index (χ1n) is 8.47. The molecule has 1 fully saturated rings. The molecule has 4 heterocycles. The van der Waals surface area contributed by atoms with E-state index in [4.69, 9.17) is 14.2 Å². The van der Waals surface area contributed by atoms with E-state index in [1.54, 1.807) is 10.6 Å². The van der Waals surface area contributed by atoms with E-state index in [0.29, 0.717) is 49.4 Å². The molecule has 7 nitrogen and oxygen atoms in total. The molecule has 0 unspecified atom stereocenters. The van der Waals surface area contributed by atoms with Gasteiger partial charge in [0.1, 0.15) is 6.61 Å². The van der Waals surface area contributed by atoms with Crippen molar-refractivity contribution in [3.8, 4) is 0 Å². The second kappa shape index (κ2) is 5.40. The van der Waals surface area contributed by atoms with Crippen molar-refractivity contribution in [1.29, 1.82) is 0 Å². The molecule has 0 saturated carbocycles. The lowest BCUT2D eigenvalue weighted by Crippen LogP contribution is -2.45. The summed E-state index contributed by atoms with van der Waals surface area (Å²) in [7, 11) is 0. The summed E-state index contributed by atoms with van der Waals surface area (Å²) in [6, 6.07) is 1.71. The molecule has 1 spiro atoms. The third-order valence-corrected chi connectivity index (χ3v) is 5.23. The number of hydrogen-bond donors (Lipinski definition) is 1. The van der Waals surface area contributed by atoms with Gasteiger partial charge in [0.05, 0.1) is 24.5 Å². The maximum Gasteiger partial charge on any atom is 0.343 e. The van der Waals surface area contributed by atoms with Crippen LogP contribution in [0.5, 0.6) is 0 Å². The van der Waals surface area contributed by atoms with Crippen LogP contribution in [-0.4, -0.2) is 28.9 Å². The topological polar surface area (TPSA) is 87.0 Å². The molecule has 7 heteroatoms. The fourth-order valence-corrected chi connectivity index (χ4v) is 3.91. The van der Waals surface area contributed by atoms with E-state index in [9.17, 15) is 14.7 Å². The van der Waals surface area contributed by atoms with E-state index in [1.807, 2.05) is 6.92 Å². The number of carbonyl (C=O) groups excluding carboxylic acids is 1. The molecule has 1 N–H and O–H groups in total. The smallest absolute Gasteiger partial charge is 0.343 e. The van der Waals surface area contributed by atoms with Crippen LogP contribution < -0.4 is 5.56 Å². The van der Waals surface area contributed by atoms with Crippen molar-refractivity contribution in [2.24, 2.45) is 0 Å². The van der Waals surface area contributed by atoms with Crippen molar-refractivity contribution in [2.75, 3.05) is 13.2 Å². The lowest BCUT2D eigenvalue weighted by molar-refractivity contribution is -0.173. The third-order valence-electron chi connectivity index (χ3n) is 5.23. The van der Waals surface area contributed by atoms with E-state index < -0.39 is 17.4 Å². The van der Waals surface area contributed by atoms with Crippen molar-refractivity contribution in [3.63, 3.8) is 0 Å². The number of ether oxygens (including phenoxy) is 3. The minimum atomic E-state index is -1.78. The van der Waals surface area contributed by atoms with E-state index in [1.165, 1.54) is 0 Å². The summed E-state index contributed by atoms with van der Waals surface area (Å²) in [5.41, 5.74) is -0.717. The van der Waals surface area contributed by atoms with Crippen LogP contribution in [0.3, 0.4) is 0 Å². The molecule has 24 heavy (non-hydrogen) atoms. The Morgan fingerprint density at radius 3 is 2.75 bits per heavy atom. The van der Waals surface area contributed by atoms with Crippen LogP contribution in [0.4, 0.5) is 0 Å². The largest absolute Gasteiger partial charge is 0.458 e. The van der Waals surface area contributed by atoms with E-state index in [0.717, 1.165) is 6.42 Å². The molecule has 3 aliphatic rings. The Kier molecular flexibility index (Phi) is 3.56. The van der Waals surface area contributed by atoms with Crippen molar-refractivity contribution in [2.45, 2.75) is 57.1 Å². The number of rotatable bonds is 3. The predicted octanol–water partition coefficient (Wildman–Crippen LogP) is 0.886. The highest BCUT2D eigenvalue weighted by Gasteiger charge is 2.50. The van der Waals surface area contributed by atoms with Crippen LogP contribution in [0, 0.1) is 0 Å². The van der Waals surface area contributed by atoms with Crippen molar-refractivity contribution >= 4 is 5.97 Å². The van der Waals surface area contributed by atoms with Gasteiger partial charge in [-0.25, -0.2) is 4.79 Å². The fraction of sp³-hybridized carbons (Fsp3) is 0.647. The van der Waals surface area contributed by atoms with Crippen molar-refractivity contribution in [1.82, 2.24) is 4.57 Å². The van der Waals surface area contributed by atoms with Crippen LogP contribution in [0.2, 0.25) is 0 Å².